The molecule has 25 heavy (non-hydrogen) atoms. The predicted molar refractivity (Wildman–Crippen MR) is 100 cm³/mol. The number of aromatic amines is 1. The van der Waals surface area contributed by atoms with Gasteiger partial charge in [0.25, 0.3) is 0 Å². The molecule has 0 aliphatic heterocycles. The van der Waals surface area contributed by atoms with Gasteiger partial charge in [0.15, 0.2) is 0 Å². The Hall–Kier alpha value is -2.21. The molecule has 1 aromatic carbocycles. The SMILES string of the molecule is CCC(C)C(N)C(=O)NCCCc1cc2c(OC)cc(OC)cc2[nH]1. The van der Waals surface area contributed by atoms with E-state index >= 15 is 0 Å². The van der Waals surface area contributed by atoms with Crippen molar-refractivity contribution >= 4 is 16.8 Å². The summed E-state index contributed by atoms with van der Waals surface area (Å²) in [7, 11) is 3.29. The number of H-pyrrole nitrogens is 1. The average Bonchev–Trinajstić information content (AvgIpc) is 3.05. The van der Waals surface area contributed by atoms with Crippen LogP contribution in [0.1, 0.15) is 32.4 Å². The Kier molecular flexibility index (Phi) is 6.70. The summed E-state index contributed by atoms with van der Waals surface area (Å²) >= 11 is 0. The molecule has 0 bridgehead atoms. The molecule has 0 radical (unpaired) electrons. The van der Waals surface area contributed by atoms with Gasteiger partial charge in [-0.2, -0.15) is 0 Å². The van der Waals surface area contributed by atoms with E-state index < -0.39 is 6.04 Å². The van der Waals surface area contributed by atoms with Crippen molar-refractivity contribution in [2.75, 3.05) is 20.8 Å². The lowest BCUT2D eigenvalue weighted by Gasteiger charge is -2.17. The number of hydrogen-bond donors (Lipinski definition) is 3. The van der Waals surface area contributed by atoms with E-state index in [9.17, 15) is 4.79 Å². The summed E-state index contributed by atoms with van der Waals surface area (Å²) in [5.74, 6) is 1.65. The Balaban J connectivity index is 1.92. The second-order valence-electron chi connectivity index (χ2n) is 6.39. The normalized spacial score (nSPS) is 13.5. The van der Waals surface area contributed by atoms with Gasteiger partial charge in [-0.1, -0.05) is 20.3 Å². The first kappa shape index (κ1) is 19.1. The molecular weight excluding hydrogens is 318 g/mol. The Morgan fingerprint density at radius 3 is 2.68 bits per heavy atom. The largest absolute Gasteiger partial charge is 0.497 e. The van der Waals surface area contributed by atoms with Gasteiger partial charge >= 0.3 is 0 Å². The predicted octanol–water partition coefficient (Wildman–Crippen LogP) is 2.61. The lowest BCUT2D eigenvalue weighted by molar-refractivity contribution is -0.123. The monoisotopic (exact) mass is 347 g/mol. The van der Waals surface area contributed by atoms with Crippen LogP contribution in [-0.4, -0.2) is 37.7 Å². The van der Waals surface area contributed by atoms with Crippen molar-refractivity contribution < 1.29 is 14.3 Å². The fourth-order valence-corrected chi connectivity index (χ4v) is 2.78. The highest BCUT2D eigenvalue weighted by molar-refractivity contribution is 5.88. The van der Waals surface area contributed by atoms with Crippen molar-refractivity contribution in [2.45, 2.75) is 39.2 Å². The molecule has 0 saturated heterocycles. The van der Waals surface area contributed by atoms with Crippen LogP contribution in [0.4, 0.5) is 0 Å². The van der Waals surface area contributed by atoms with Crippen molar-refractivity contribution in [1.82, 2.24) is 10.3 Å². The van der Waals surface area contributed by atoms with Crippen LogP contribution in [0.3, 0.4) is 0 Å². The molecule has 2 rings (SSSR count). The van der Waals surface area contributed by atoms with Crippen LogP contribution in [0.25, 0.3) is 10.9 Å². The summed E-state index contributed by atoms with van der Waals surface area (Å²) < 4.78 is 10.7. The molecule has 1 aromatic heterocycles. The number of aromatic nitrogens is 1. The number of amides is 1. The molecule has 0 aliphatic rings. The molecule has 4 N–H and O–H groups in total. The van der Waals surface area contributed by atoms with Crippen LogP contribution in [0.5, 0.6) is 11.5 Å². The topological polar surface area (TPSA) is 89.4 Å². The van der Waals surface area contributed by atoms with E-state index in [1.807, 2.05) is 26.0 Å². The molecule has 6 nitrogen and oxygen atoms in total. The fourth-order valence-electron chi connectivity index (χ4n) is 2.78. The van der Waals surface area contributed by atoms with Gasteiger partial charge < -0.3 is 25.5 Å². The molecule has 138 valence electrons. The van der Waals surface area contributed by atoms with Crippen LogP contribution < -0.4 is 20.5 Å². The van der Waals surface area contributed by atoms with E-state index in [-0.39, 0.29) is 11.8 Å². The molecule has 1 heterocycles. The maximum Gasteiger partial charge on any atom is 0.237 e. The first-order valence-electron chi connectivity index (χ1n) is 8.77. The van der Waals surface area contributed by atoms with E-state index in [0.717, 1.165) is 47.4 Å². The van der Waals surface area contributed by atoms with Gasteiger partial charge in [-0.3, -0.25) is 4.79 Å². The number of benzene rings is 1. The first-order chi connectivity index (χ1) is 12.0. The maximum atomic E-state index is 12.0. The zero-order valence-corrected chi connectivity index (χ0v) is 15.5. The van der Waals surface area contributed by atoms with Crippen molar-refractivity contribution in [3.05, 3.63) is 23.9 Å². The van der Waals surface area contributed by atoms with Crippen LogP contribution in [0.2, 0.25) is 0 Å². The summed E-state index contributed by atoms with van der Waals surface area (Å²) in [6.07, 6.45) is 2.57. The minimum Gasteiger partial charge on any atom is -0.497 e. The van der Waals surface area contributed by atoms with E-state index in [1.54, 1.807) is 14.2 Å². The van der Waals surface area contributed by atoms with Crippen molar-refractivity contribution in [1.29, 1.82) is 0 Å². The van der Waals surface area contributed by atoms with Gasteiger partial charge in [0.1, 0.15) is 11.5 Å². The molecule has 2 unspecified atom stereocenters. The number of hydrogen-bond acceptors (Lipinski definition) is 4. The third kappa shape index (κ3) is 4.66. The van der Waals surface area contributed by atoms with Crippen LogP contribution >= 0.6 is 0 Å². The van der Waals surface area contributed by atoms with Gasteiger partial charge in [-0.25, -0.2) is 0 Å². The van der Waals surface area contributed by atoms with E-state index in [1.165, 1.54) is 0 Å². The minimum atomic E-state index is -0.435. The second-order valence-corrected chi connectivity index (χ2v) is 6.39. The number of nitrogens with one attached hydrogen (secondary N) is 2. The molecule has 2 aromatic rings. The average molecular weight is 347 g/mol. The minimum absolute atomic E-state index is 0.0718. The lowest BCUT2D eigenvalue weighted by atomic mass is 9.99. The summed E-state index contributed by atoms with van der Waals surface area (Å²) in [5, 5.41) is 3.95. The number of fused-ring (bicyclic) bond motifs is 1. The Bertz CT molecular complexity index is 711. The maximum absolute atomic E-state index is 12.0. The summed E-state index contributed by atoms with van der Waals surface area (Å²) in [4.78, 5) is 15.4. The standard InChI is InChI=1S/C19H29N3O3/c1-5-12(2)18(20)19(23)21-8-6-7-13-9-15-16(22-13)10-14(24-3)11-17(15)25-4/h9-12,18,22H,5-8,20H2,1-4H3,(H,21,23). The van der Waals surface area contributed by atoms with Crippen molar-refractivity contribution in [3.8, 4) is 11.5 Å². The van der Waals surface area contributed by atoms with Crippen molar-refractivity contribution in [2.24, 2.45) is 11.7 Å². The van der Waals surface area contributed by atoms with Gasteiger partial charge in [-0.15, -0.1) is 0 Å². The van der Waals surface area contributed by atoms with Crippen LogP contribution in [-0.2, 0) is 11.2 Å². The number of carbonyl (C=O) groups is 1. The van der Waals surface area contributed by atoms with Gasteiger partial charge in [0, 0.05) is 29.8 Å². The number of nitrogens with two attached hydrogens (primary N) is 1. The highest BCUT2D eigenvalue weighted by Crippen LogP contribution is 2.31. The Morgan fingerprint density at radius 2 is 2.04 bits per heavy atom. The van der Waals surface area contributed by atoms with E-state index in [2.05, 4.69) is 16.4 Å². The molecule has 6 heteroatoms. The number of methoxy groups -OCH3 is 2. The van der Waals surface area contributed by atoms with Gasteiger partial charge in [-0.05, 0) is 24.8 Å². The summed E-state index contributed by atoms with van der Waals surface area (Å²) in [6, 6.07) is 5.47. The molecule has 0 saturated carbocycles. The van der Waals surface area contributed by atoms with Crippen LogP contribution in [0.15, 0.2) is 18.2 Å². The second kappa shape index (κ2) is 8.76. The van der Waals surface area contributed by atoms with Crippen molar-refractivity contribution in [3.63, 3.8) is 0 Å². The molecule has 0 fully saturated rings. The zero-order chi connectivity index (χ0) is 18.4. The third-order valence-electron chi connectivity index (χ3n) is 4.67. The number of aryl methyl sites for hydroxylation is 1. The number of ether oxygens (including phenoxy) is 2. The highest BCUT2D eigenvalue weighted by Gasteiger charge is 2.18. The Labute approximate surface area is 149 Å². The van der Waals surface area contributed by atoms with Gasteiger partial charge in [0.2, 0.25) is 5.91 Å². The summed E-state index contributed by atoms with van der Waals surface area (Å²) in [6.45, 7) is 4.64. The highest BCUT2D eigenvalue weighted by atomic mass is 16.5. The fraction of sp³-hybridized carbons (Fsp3) is 0.526. The lowest BCUT2D eigenvalue weighted by Crippen LogP contribution is -2.44. The van der Waals surface area contributed by atoms with E-state index in [0.29, 0.717) is 6.54 Å². The van der Waals surface area contributed by atoms with E-state index in [4.69, 9.17) is 15.2 Å². The molecule has 2 atom stereocenters. The van der Waals surface area contributed by atoms with Gasteiger partial charge in [0.05, 0.1) is 25.8 Å². The number of carbonyl (C=O) groups excluding carboxylic acids is 1. The summed E-state index contributed by atoms with van der Waals surface area (Å²) in [5.41, 5.74) is 8.01. The smallest absolute Gasteiger partial charge is 0.237 e. The molecular formula is C19H29N3O3. The zero-order valence-electron chi connectivity index (χ0n) is 15.5. The Morgan fingerprint density at radius 1 is 1.28 bits per heavy atom. The molecule has 0 aliphatic carbocycles. The van der Waals surface area contributed by atoms with Crippen LogP contribution in [0, 0.1) is 5.92 Å². The quantitative estimate of drug-likeness (QED) is 0.608. The first-order valence-corrected chi connectivity index (χ1v) is 8.77. The number of rotatable bonds is 9. The molecule has 0 spiro atoms. The molecule has 1 amide bonds. The third-order valence-corrected chi connectivity index (χ3v) is 4.67.